The fourth-order valence-corrected chi connectivity index (χ4v) is 2.26. The molecule has 2 rings (SSSR count). The average Bonchev–Trinajstić information content (AvgIpc) is 2.58. The molecule has 2 aliphatic rings. The maximum absolute atomic E-state index is 11.2. The summed E-state index contributed by atoms with van der Waals surface area (Å²) in [5.41, 5.74) is 1.02. The first-order chi connectivity index (χ1) is 8.71. The van der Waals surface area contributed by atoms with Crippen LogP contribution in [0.4, 0.5) is 13.2 Å². The van der Waals surface area contributed by atoms with Crippen molar-refractivity contribution < 1.29 is 27.9 Å². The molecule has 0 aromatic rings. The maximum atomic E-state index is 11.2. The van der Waals surface area contributed by atoms with Gasteiger partial charge >= 0.3 is 12.1 Å². The topological polar surface area (TPSA) is 66.4 Å². The number of halogens is 3. The highest BCUT2D eigenvalue weighted by Crippen LogP contribution is 2.26. The Kier molecular flexibility index (Phi) is 5.11. The summed E-state index contributed by atoms with van der Waals surface area (Å²) in [4.78, 5) is 20.1. The summed E-state index contributed by atoms with van der Waals surface area (Å²) in [6, 6.07) is 1.04. The summed E-state index contributed by atoms with van der Waals surface area (Å²) in [5, 5.41) is 10.6. The molecule has 0 spiro atoms. The number of hydrogen-bond acceptors (Lipinski definition) is 3. The number of carbonyl (C=O) groups is 2. The van der Waals surface area contributed by atoms with Crippen LogP contribution >= 0.6 is 0 Å². The number of alkyl halides is 3. The van der Waals surface area contributed by atoms with Crippen LogP contribution in [0.3, 0.4) is 0 Å². The highest BCUT2D eigenvalue weighted by Gasteiger charge is 2.38. The summed E-state index contributed by atoms with van der Waals surface area (Å²) in [5.74, 6) is -2.51. The SMILES string of the molecule is CC(=O)C1=CCCC2CCC1N2.O=C(O)C(F)(F)F. The van der Waals surface area contributed by atoms with Gasteiger partial charge in [0.25, 0.3) is 0 Å². The van der Waals surface area contributed by atoms with E-state index in [-0.39, 0.29) is 5.78 Å². The van der Waals surface area contributed by atoms with Gasteiger partial charge in [0.15, 0.2) is 5.78 Å². The van der Waals surface area contributed by atoms with E-state index < -0.39 is 12.1 Å². The van der Waals surface area contributed by atoms with Crippen LogP contribution in [-0.4, -0.2) is 35.1 Å². The number of hydrogen-bond donors (Lipinski definition) is 2. The number of fused-ring (bicyclic) bond motifs is 2. The highest BCUT2D eigenvalue weighted by atomic mass is 19.4. The van der Waals surface area contributed by atoms with Gasteiger partial charge in [0, 0.05) is 17.7 Å². The zero-order valence-electron chi connectivity index (χ0n) is 10.5. The molecule has 19 heavy (non-hydrogen) atoms. The van der Waals surface area contributed by atoms with E-state index in [2.05, 4.69) is 11.4 Å². The van der Waals surface area contributed by atoms with Gasteiger partial charge in [0.05, 0.1) is 0 Å². The van der Waals surface area contributed by atoms with Gasteiger partial charge in [-0.25, -0.2) is 4.79 Å². The van der Waals surface area contributed by atoms with Gasteiger partial charge in [0.1, 0.15) is 0 Å². The monoisotopic (exact) mass is 279 g/mol. The molecule has 2 N–H and O–H groups in total. The van der Waals surface area contributed by atoms with E-state index in [9.17, 15) is 18.0 Å². The predicted molar refractivity (Wildman–Crippen MR) is 61.6 cm³/mol. The number of aliphatic carboxylic acids is 1. The summed E-state index contributed by atoms with van der Waals surface area (Å²) in [6.45, 7) is 1.67. The second-order valence-electron chi connectivity index (χ2n) is 4.59. The van der Waals surface area contributed by atoms with E-state index in [1.165, 1.54) is 12.8 Å². The highest BCUT2D eigenvalue weighted by molar-refractivity contribution is 5.94. The molecule has 0 aromatic heterocycles. The Labute approximate surface area is 108 Å². The van der Waals surface area contributed by atoms with Crippen molar-refractivity contribution in [2.45, 2.75) is 50.9 Å². The van der Waals surface area contributed by atoms with Crippen LogP contribution in [0.15, 0.2) is 11.6 Å². The van der Waals surface area contributed by atoms with Crippen molar-refractivity contribution in [1.82, 2.24) is 5.32 Å². The molecule has 2 atom stereocenters. The van der Waals surface area contributed by atoms with Gasteiger partial charge < -0.3 is 10.4 Å². The van der Waals surface area contributed by atoms with E-state index in [1.54, 1.807) is 6.92 Å². The molecule has 0 saturated carbocycles. The summed E-state index contributed by atoms with van der Waals surface area (Å²) in [6.07, 6.45) is 1.71. The van der Waals surface area contributed by atoms with E-state index in [4.69, 9.17) is 9.90 Å². The Hall–Kier alpha value is -1.37. The fraction of sp³-hybridized carbons (Fsp3) is 0.667. The predicted octanol–water partition coefficient (Wildman–Crippen LogP) is 2.05. The third-order valence-corrected chi connectivity index (χ3v) is 3.14. The van der Waals surface area contributed by atoms with Crippen LogP contribution in [0.1, 0.15) is 32.6 Å². The molecule has 2 heterocycles. The molecule has 1 saturated heterocycles. The van der Waals surface area contributed by atoms with Crippen molar-refractivity contribution in [2.75, 3.05) is 0 Å². The molecule has 0 amide bonds. The molecule has 4 nitrogen and oxygen atoms in total. The largest absolute Gasteiger partial charge is 0.490 e. The Morgan fingerprint density at radius 2 is 1.89 bits per heavy atom. The first-order valence-corrected chi connectivity index (χ1v) is 5.99. The zero-order chi connectivity index (χ0) is 14.6. The lowest BCUT2D eigenvalue weighted by Crippen LogP contribution is -2.30. The van der Waals surface area contributed by atoms with Gasteiger partial charge in [0.2, 0.25) is 0 Å². The fourth-order valence-electron chi connectivity index (χ4n) is 2.26. The van der Waals surface area contributed by atoms with Crippen molar-refractivity contribution in [3.63, 3.8) is 0 Å². The first kappa shape index (κ1) is 15.7. The number of rotatable bonds is 1. The minimum Gasteiger partial charge on any atom is -0.475 e. The smallest absolute Gasteiger partial charge is 0.475 e. The lowest BCUT2D eigenvalue weighted by Gasteiger charge is -2.11. The van der Waals surface area contributed by atoms with E-state index >= 15 is 0 Å². The Balaban J connectivity index is 0.000000224. The van der Waals surface area contributed by atoms with E-state index in [0.29, 0.717) is 12.1 Å². The number of carboxylic acid groups (broad SMARTS) is 1. The van der Waals surface area contributed by atoms with Gasteiger partial charge in [-0.15, -0.1) is 0 Å². The van der Waals surface area contributed by atoms with Crippen LogP contribution < -0.4 is 5.32 Å². The molecular formula is C12H16F3NO3. The van der Waals surface area contributed by atoms with E-state index in [0.717, 1.165) is 18.4 Å². The summed E-state index contributed by atoms with van der Waals surface area (Å²) < 4.78 is 31.7. The summed E-state index contributed by atoms with van der Waals surface area (Å²) in [7, 11) is 0. The number of Topliss-reactive ketones (excluding diaryl/α,β-unsaturated/α-hetero) is 1. The molecule has 0 radical (unpaired) electrons. The van der Waals surface area contributed by atoms with Gasteiger partial charge in [-0.3, -0.25) is 4.79 Å². The van der Waals surface area contributed by atoms with Crippen LogP contribution in [-0.2, 0) is 9.59 Å². The molecule has 2 aliphatic heterocycles. The maximum Gasteiger partial charge on any atom is 0.490 e. The minimum absolute atomic E-state index is 0.245. The first-order valence-electron chi connectivity index (χ1n) is 5.99. The zero-order valence-corrected chi connectivity index (χ0v) is 10.5. The number of nitrogens with one attached hydrogen (secondary N) is 1. The Morgan fingerprint density at radius 3 is 2.37 bits per heavy atom. The van der Waals surface area contributed by atoms with Crippen LogP contribution in [0, 0.1) is 0 Å². The molecule has 2 unspecified atom stereocenters. The number of allylic oxidation sites excluding steroid dienone is 1. The van der Waals surface area contributed by atoms with Crippen molar-refractivity contribution in [1.29, 1.82) is 0 Å². The average molecular weight is 279 g/mol. The van der Waals surface area contributed by atoms with Gasteiger partial charge in [-0.1, -0.05) is 6.08 Å². The second kappa shape index (κ2) is 6.18. The Morgan fingerprint density at radius 1 is 1.32 bits per heavy atom. The third kappa shape index (κ3) is 4.66. The van der Waals surface area contributed by atoms with Gasteiger partial charge in [-0.05, 0) is 32.6 Å². The number of ketones is 1. The molecule has 7 heteroatoms. The van der Waals surface area contributed by atoms with Crippen molar-refractivity contribution >= 4 is 11.8 Å². The quantitative estimate of drug-likeness (QED) is 0.771. The molecule has 0 aliphatic carbocycles. The lowest BCUT2D eigenvalue weighted by molar-refractivity contribution is -0.192. The van der Waals surface area contributed by atoms with Crippen molar-refractivity contribution in [3.8, 4) is 0 Å². The second-order valence-corrected chi connectivity index (χ2v) is 4.59. The standard InChI is InChI=1S/C10H15NO.C2HF3O2/c1-7(12)9-4-2-3-8-5-6-10(9)11-8;3-2(4,5)1(6)7/h4,8,10-11H,2-3,5-6H2,1H3;(H,6,7). The van der Waals surface area contributed by atoms with Crippen LogP contribution in [0.2, 0.25) is 0 Å². The normalized spacial score (nSPS) is 25.8. The van der Waals surface area contributed by atoms with Gasteiger partial charge in [-0.2, -0.15) is 13.2 Å². The van der Waals surface area contributed by atoms with Crippen molar-refractivity contribution in [3.05, 3.63) is 11.6 Å². The van der Waals surface area contributed by atoms with Crippen LogP contribution in [0.25, 0.3) is 0 Å². The Bertz CT molecular complexity index is 390. The molecule has 108 valence electrons. The van der Waals surface area contributed by atoms with Crippen molar-refractivity contribution in [2.24, 2.45) is 0 Å². The molecule has 2 bridgehead atoms. The third-order valence-electron chi connectivity index (χ3n) is 3.14. The van der Waals surface area contributed by atoms with E-state index in [1.807, 2.05) is 0 Å². The molecule has 0 aromatic carbocycles. The number of carbonyl (C=O) groups excluding carboxylic acids is 1. The minimum atomic E-state index is -5.08. The molecular weight excluding hydrogens is 263 g/mol. The van der Waals surface area contributed by atoms with Crippen LogP contribution in [0.5, 0.6) is 0 Å². The summed E-state index contributed by atoms with van der Waals surface area (Å²) >= 11 is 0. The molecule has 1 fully saturated rings. The number of carboxylic acids is 1. The lowest BCUT2D eigenvalue weighted by atomic mass is 9.98.